The number of nitrogens with one attached hydrogen (secondary N) is 1. The van der Waals surface area contributed by atoms with E-state index < -0.39 is 11.9 Å². The minimum atomic E-state index is -0.839. The third-order valence-corrected chi connectivity index (χ3v) is 3.43. The van der Waals surface area contributed by atoms with Crippen LogP contribution in [0.25, 0.3) is 0 Å². The number of hydrogen-bond acceptors (Lipinski definition) is 3. The minimum absolute atomic E-state index is 0.155. The van der Waals surface area contributed by atoms with Crippen molar-refractivity contribution in [3.05, 3.63) is 29.8 Å². The summed E-state index contributed by atoms with van der Waals surface area (Å²) in [7, 11) is 0. The van der Waals surface area contributed by atoms with E-state index in [1.807, 2.05) is 24.5 Å². The highest BCUT2D eigenvalue weighted by Gasteiger charge is 2.13. The monoisotopic (exact) mass is 267 g/mol. The molecule has 1 aromatic rings. The number of carboxylic acid groups (broad SMARTS) is 1. The van der Waals surface area contributed by atoms with Crippen molar-refractivity contribution < 1.29 is 14.7 Å². The first-order valence-corrected chi connectivity index (χ1v) is 6.92. The van der Waals surface area contributed by atoms with Crippen LogP contribution in [0.4, 0.5) is 0 Å². The number of hydrogen-bond donors (Lipinski definition) is 2. The number of thioether (sulfide) groups is 1. The molecule has 1 atom stereocenters. The molecule has 0 aliphatic rings. The molecule has 18 heavy (non-hydrogen) atoms. The SMILES string of the molecule is CSc1ccccc1C(=O)NCCC(C)C(=O)O. The maximum Gasteiger partial charge on any atom is 0.306 e. The largest absolute Gasteiger partial charge is 0.481 e. The van der Waals surface area contributed by atoms with Crippen LogP contribution in [0.1, 0.15) is 23.7 Å². The zero-order chi connectivity index (χ0) is 13.5. The molecule has 0 fully saturated rings. The Bertz CT molecular complexity index is 434. The molecule has 0 spiro atoms. The fourth-order valence-corrected chi connectivity index (χ4v) is 2.05. The Kier molecular flexibility index (Phi) is 5.71. The summed E-state index contributed by atoms with van der Waals surface area (Å²) >= 11 is 1.51. The summed E-state index contributed by atoms with van der Waals surface area (Å²) in [5, 5.41) is 11.5. The van der Waals surface area contributed by atoms with Gasteiger partial charge in [-0.05, 0) is 24.8 Å². The van der Waals surface area contributed by atoms with E-state index in [4.69, 9.17) is 5.11 Å². The van der Waals surface area contributed by atoms with Crippen molar-refractivity contribution in [2.24, 2.45) is 5.92 Å². The number of carbonyl (C=O) groups is 2. The number of aliphatic carboxylic acids is 1. The van der Waals surface area contributed by atoms with E-state index in [1.54, 1.807) is 13.0 Å². The van der Waals surface area contributed by atoms with Gasteiger partial charge in [-0.2, -0.15) is 0 Å². The molecule has 0 bridgehead atoms. The van der Waals surface area contributed by atoms with Gasteiger partial charge in [0.2, 0.25) is 0 Å². The lowest BCUT2D eigenvalue weighted by Gasteiger charge is -2.09. The smallest absolute Gasteiger partial charge is 0.306 e. The van der Waals surface area contributed by atoms with Crippen LogP contribution in [0, 0.1) is 5.92 Å². The summed E-state index contributed by atoms with van der Waals surface area (Å²) in [6.07, 6.45) is 2.35. The Morgan fingerprint density at radius 1 is 1.39 bits per heavy atom. The lowest BCUT2D eigenvalue weighted by molar-refractivity contribution is -0.141. The molecule has 0 radical (unpaired) electrons. The normalized spacial score (nSPS) is 11.9. The third-order valence-electron chi connectivity index (χ3n) is 2.64. The van der Waals surface area contributed by atoms with E-state index in [9.17, 15) is 9.59 Å². The first-order chi connectivity index (χ1) is 8.56. The van der Waals surface area contributed by atoms with Crippen LogP contribution in [0.2, 0.25) is 0 Å². The van der Waals surface area contributed by atoms with Gasteiger partial charge >= 0.3 is 5.97 Å². The van der Waals surface area contributed by atoms with Crippen LogP contribution >= 0.6 is 11.8 Å². The van der Waals surface area contributed by atoms with E-state index in [0.717, 1.165) is 4.90 Å². The molecular weight excluding hydrogens is 250 g/mol. The van der Waals surface area contributed by atoms with Gasteiger partial charge in [-0.15, -0.1) is 11.8 Å². The van der Waals surface area contributed by atoms with Gasteiger partial charge in [0, 0.05) is 11.4 Å². The van der Waals surface area contributed by atoms with Crippen molar-refractivity contribution in [1.29, 1.82) is 0 Å². The second kappa shape index (κ2) is 7.06. The lowest BCUT2D eigenvalue weighted by Crippen LogP contribution is -2.27. The summed E-state index contributed by atoms with van der Waals surface area (Å²) in [5.74, 6) is -1.44. The first-order valence-electron chi connectivity index (χ1n) is 5.70. The summed E-state index contributed by atoms with van der Waals surface area (Å²) < 4.78 is 0. The Balaban J connectivity index is 2.53. The Morgan fingerprint density at radius 3 is 2.67 bits per heavy atom. The molecule has 1 rings (SSSR count). The van der Waals surface area contributed by atoms with Crippen molar-refractivity contribution in [2.75, 3.05) is 12.8 Å². The molecule has 1 amide bonds. The Hall–Kier alpha value is -1.49. The fourth-order valence-electron chi connectivity index (χ4n) is 1.45. The zero-order valence-electron chi connectivity index (χ0n) is 10.5. The molecule has 0 heterocycles. The molecular formula is C13H17NO3S. The molecule has 0 aliphatic heterocycles. The standard InChI is InChI=1S/C13H17NO3S/c1-9(13(16)17)7-8-14-12(15)10-5-3-4-6-11(10)18-2/h3-6,9H,7-8H2,1-2H3,(H,14,15)(H,16,17). The van der Waals surface area contributed by atoms with E-state index in [0.29, 0.717) is 18.5 Å². The molecule has 1 unspecified atom stereocenters. The second-order valence-electron chi connectivity index (χ2n) is 3.98. The van der Waals surface area contributed by atoms with Gasteiger partial charge in [0.25, 0.3) is 5.91 Å². The summed E-state index contributed by atoms with van der Waals surface area (Å²) in [6.45, 7) is 2.00. The number of carbonyl (C=O) groups excluding carboxylic acids is 1. The maximum absolute atomic E-state index is 11.9. The Morgan fingerprint density at radius 2 is 2.06 bits per heavy atom. The summed E-state index contributed by atoms with van der Waals surface area (Å²) in [4.78, 5) is 23.5. The number of benzene rings is 1. The first kappa shape index (κ1) is 14.6. The highest BCUT2D eigenvalue weighted by molar-refractivity contribution is 7.98. The van der Waals surface area contributed by atoms with Crippen LogP contribution in [0.5, 0.6) is 0 Å². The molecule has 4 nitrogen and oxygen atoms in total. The molecule has 1 aromatic carbocycles. The van der Waals surface area contributed by atoms with Gasteiger partial charge in [0.15, 0.2) is 0 Å². The fraction of sp³-hybridized carbons (Fsp3) is 0.385. The third kappa shape index (κ3) is 4.07. The van der Waals surface area contributed by atoms with Crippen molar-refractivity contribution >= 4 is 23.6 Å². The molecule has 0 aliphatic carbocycles. The molecule has 5 heteroatoms. The van der Waals surface area contributed by atoms with E-state index >= 15 is 0 Å². The minimum Gasteiger partial charge on any atom is -0.481 e. The number of amides is 1. The van der Waals surface area contributed by atoms with E-state index in [-0.39, 0.29) is 5.91 Å². The number of rotatable bonds is 6. The van der Waals surface area contributed by atoms with Crippen LogP contribution in [0.3, 0.4) is 0 Å². The summed E-state index contributed by atoms with van der Waals surface area (Å²) in [5.41, 5.74) is 0.632. The van der Waals surface area contributed by atoms with Crippen molar-refractivity contribution in [2.45, 2.75) is 18.2 Å². The average Bonchev–Trinajstić information content (AvgIpc) is 2.38. The van der Waals surface area contributed by atoms with E-state index in [1.165, 1.54) is 11.8 Å². The predicted octanol–water partition coefficient (Wildman–Crippen LogP) is 2.25. The van der Waals surface area contributed by atoms with Gasteiger partial charge in [0.05, 0.1) is 11.5 Å². The maximum atomic E-state index is 11.9. The average molecular weight is 267 g/mol. The van der Waals surface area contributed by atoms with Gasteiger partial charge in [-0.1, -0.05) is 19.1 Å². The van der Waals surface area contributed by atoms with Gasteiger partial charge in [-0.3, -0.25) is 9.59 Å². The number of carboxylic acids is 1. The highest BCUT2D eigenvalue weighted by Crippen LogP contribution is 2.19. The van der Waals surface area contributed by atoms with Crippen LogP contribution in [-0.4, -0.2) is 29.8 Å². The molecule has 98 valence electrons. The van der Waals surface area contributed by atoms with Gasteiger partial charge < -0.3 is 10.4 Å². The molecule has 0 saturated carbocycles. The topological polar surface area (TPSA) is 66.4 Å². The Labute approximate surface area is 111 Å². The molecule has 0 saturated heterocycles. The highest BCUT2D eigenvalue weighted by atomic mass is 32.2. The zero-order valence-corrected chi connectivity index (χ0v) is 11.3. The summed E-state index contributed by atoms with van der Waals surface area (Å²) in [6, 6.07) is 7.35. The van der Waals surface area contributed by atoms with Gasteiger partial charge in [-0.25, -0.2) is 0 Å². The predicted molar refractivity (Wildman–Crippen MR) is 72.0 cm³/mol. The van der Waals surface area contributed by atoms with Crippen LogP contribution < -0.4 is 5.32 Å². The van der Waals surface area contributed by atoms with Crippen molar-refractivity contribution in [3.8, 4) is 0 Å². The van der Waals surface area contributed by atoms with Crippen LogP contribution in [-0.2, 0) is 4.79 Å². The quantitative estimate of drug-likeness (QED) is 0.776. The molecule has 0 aromatic heterocycles. The van der Waals surface area contributed by atoms with Crippen LogP contribution in [0.15, 0.2) is 29.2 Å². The van der Waals surface area contributed by atoms with Gasteiger partial charge in [0.1, 0.15) is 0 Å². The van der Waals surface area contributed by atoms with Crippen molar-refractivity contribution in [1.82, 2.24) is 5.32 Å². The molecule has 2 N–H and O–H groups in total. The lowest BCUT2D eigenvalue weighted by atomic mass is 10.1. The van der Waals surface area contributed by atoms with E-state index in [2.05, 4.69) is 5.32 Å². The second-order valence-corrected chi connectivity index (χ2v) is 4.83. The van der Waals surface area contributed by atoms with Crippen molar-refractivity contribution in [3.63, 3.8) is 0 Å².